The van der Waals surface area contributed by atoms with Crippen molar-refractivity contribution in [3.63, 3.8) is 0 Å². The minimum absolute atomic E-state index is 0.0417. The summed E-state index contributed by atoms with van der Waals surface area (Å²) < 4.78 is 10.4. The molecule has 2 aromatic rings. The number of nitrogens with two attached hydrogens (primary N) is 1. The van der Waals surface area contributed by atoms with Crippen molar-refractivity contribution >= 4 is 28.3 Å². The summed E-state index contributed by atoms with van der Waals surface area (Å²) in [5.74, 6) is -0.330. The Kier molecular flexibility index (Phi) is 6.07. The number of amides is 2. The summed E-state index contributed by atoms with van der Waals surface area (Å²) in [6.45, 7) is 0.399. The fourth-order valence-corrected chi connectivity index (χ4v) is 3.95. The average Bonchev–Trinajstić information content (AvgIpc) is 3.33. The van der Waals surface area contributed by atoms with Gasteiger partial charge in [-0.15, -0.1) is 0 Å². The van der Waals surface area contributed by atoms with Crippen LogP contribution in [0, 0.1) is 5.92 Å². The lowest BCUT2D eigenvalue weighted by Crippen LogP contribution is -2.49. The van der Waals surface area contributed by atoms with Gasteiger partial charge in [0.25, 0.3) is 5.91 Å². The van der Waals surface area contributed by atoms with Gasteiger partial charge < -0.3 is 25.2 Å². The molecule has 1 saturated carbocycles. The Balaban J connectivity index is 1.57. The molecule has 1 aliphatic carbocycles. The SMILES string of the molecule is CO[C@@H]1C[C@@H](C(=O)N(C)Cc2ccon2)CC[C@H]1NC(=O)c1cnc(N)s1. The number of nitrogen functional groups attached to an aromatic ring is 1. The van der Waals surface area contributed by atoms with Crippen molar-refractivity contribution in [3.05, 3.63) is 29.1 Å². The minimum Gasteiger partial charge on any atom is -0.379 e. The van der Waals surface area contributed by atoms with Gasteiger partial charge in [0.15, 0.2) is 5.13 Å². The Morgan fingerprint density at radius 2 is 2.30 bits per heavy atom. The molecule has 9 nitrogen and oxygen atoms in total. The van der Waals surface area contributed by atoms with Crippen LogP contribution < -0.4 is 11.1 Å². The van der Waals surface area contributed by atoms with E-state index in [0.717, 1.165) is 11.3 Å². The molecule has 0 aliphatic heterocycles. The molecule has 0 unspecified atom stereocenters. The molecular weight excluding hydrogens is 370 g/mol. The number of thiazole rings is 1. The van der Waals surface area contributed by atoms with E-state index in [2.05, 4.69) is 15.5 Å². The lowest BCUT2D eigenvalue weighted by molar-refractivity contribution is -0.137. The molecule has 10 heteroatoms. The zero-order chi connectivity index (χ0) is 19.4. The second-order valence-corrected chi connectivity index (χ2v) is 7.67. The molecular formula is C17H23N5O4S. The van der Waals surface area contributed by atoms with Crippen molar-refractivity contribution in [3.8, 4) is 0 Å². The zero-order valence-electron chi connectivity index (χ0n) is 15.3. The minimum atomic E-state index is -0.234. The quantitative estimate of drug-likeness (QED) is 0.758. The number of ether oxygens (including phenoxy) is 1. The second-order valence-electron chi connectivity index (χ2n) is 6.61. The molecule has 0 saturated heterocycles. The highest BCUT2D eigenvalue weighted by Gasteiger charge is 2.36. The number of rotatable bonds is 6. The maximum absolute atomic E-state index is 12.7. The van der Waals surface area contributed by atoms with Gasteiger partial charge in [0.05, 0.1) is 24.9 Å². The van der Waals surface area contributed by atoms with E-state index in [1.807, 2.05) is 0 Å². The van der Waals surface area contributed by atoms with Gasteiger partial charge in [-0.3, -0.25) is 9.59 Å². The molecule has 2 heterocycles. The summed E-state index contributed by atoms with van der Waals surface area (Å²) in [5, 5.41) is 7.17. The van der Waals surface area contributed by atoms with E-state index in [0.29, 0.717) is 41.5 Å². The number of hydrogen-bond donors (Lipinski definition) is 2. The van der Waals surface area contributed by atoms with Gasteiger partial charge in [-0.25, -0.2) is 4.98 Å². The van der Waals surface area contributed by atoms with E-state index in [1.165, 1.54) is 12.5 Å². The largest absolute Gasteiger partial charge is 0.379 e. The molecule has 3 N–H and O–H groups in total. The lowest BCUT2D eigenvalue weighted by Gasteiger charge is -2.36. The zero-order valence-corrected chi connectivity index (χ0v) is 16.1. The van der Waals surface area contributed by atoms with Crippen molar-refractivity contribution in [1.82, 2.24) is 20.4 Å². The van der Waals surface area contributed by atoms with E-state index < -0.39 is 0 Å². The molecule has 0 radical (unpaired) electrons. The third-order valence-corrected chi connectivity index (χ3v) is 5.60. The van der Waals surface area contributed by atoms with E-state index >= 15 is 0 Å². The Bertz CT molecular complexity index is 778. The van der Waals surface area contributed by atoms with Gasteiger partial charge in [-0.1, -0.05) is 16.5 Å². The van der Waals surface area contributed by atoms with Crippen LogP contribution >= 0.6 is 11.3 Å². The summed E-state index contributed by atoms with van der Waals surface area (Å²) in [5.41, 5.74) is 6.29. The van der Waals surface area contributed by atoms with Gasteiger partial charge in [-0.2, -0.15) is 0 Å². The summed E-state index contributed by atoms with van der Waals surface area (Å²) >= 11 is 1.14. The number of methoxy groups -OCH3 is 1. The summed E-state index contributed by atoms with van der Waals surface area (Å²) in [6, 6.07) is 1.58. The van der Waals surface area contributed by atoms with E-state index in [4.69, 9.17) is 15.0 Å². The van der Waals surface area contributed by atoms with E-state index in [9.17, 15) is 9.59 Å². The number of anilines is 1. The number of nitrogens with zero attached hydrogens (tertiary/aromatic N) is 3. The third kappa shape index (κ3) is 4.64. The van der Waals surface area contributed by atoms with Crippen LogP contribution in [0.5, 0.6) is 0 Å². The fraction of sp³-hybridized carbons (Fsp3) is 0.529. The number of carbonyl (C=O) groups excluding carboxylic acids is 2. The van der Waals surface area contributed by atoms with Crippen LogP contribution in [-0.4, -0.2) is 53.2 Å². The van der Waals surface area contributed by atoms with E-state index in [-0.39, 0.29) is 29.9 Å². The first-order chi connectivity index (χ1) is 13.0. The number of carbonyl (C=O) groups is 2. The molecule has 3 rings (SSSR count). The van der Waals surface area contributed by atoms with Crippen LogP contribution in [0.15, 0.2) is 23.0 Å². The molecule has 1 aliphatic rings. The number of nitrogens with one attached hydrogen (secondary N) is 1. The molecule has 0 aromatic carbocycles. The normalized spacial score (nSPS) is 22.4. The topological polar surface area (TPSA) is 124 Å². The van der Waals surface area contributed by atoms with Gasteiger partial charge >= 0.3 is 0 Å². The van der Waals surface area contributed by atoms with Gasteiger partial charge in [0.1, 0.15) is 16.8 Å². The van der Waals surface area contributed by atoms with Gasteiger partial charge in [0, 0.05) is 26.1 Å². The second kappa shape index (κ2) is 8.49. The molecule has 0 spiro atoms. The maximum atomic E-state index is 12.7. The van der Waals surface area contributed by atoms with Crippen molar-refractivity contribution in [2.75, 3.05) is 19.9 Å². The van der Waals surface area contributed by atoms with Gasteiger partial charge in [-0.05, 0) is 19.3 Å². The summed E-state index contributed by atoms with van der Waals surface area (Å²) in [7, 11) is 3.35. The monoisotopic (exact) mass is 393 g/mol. The average molecular weight is 393 g/mol. The maximum Gasteiger partial charge on any atom is 0.263 e. The van der Waals surface area contributed by atoms with Crippen LogP contribution in [0.1, 0.15) is 34.6 Å². The predicted octanol–water partition coefficient (Wildman–Crippen LogP) is 1.29. The molecule has 27 heavy (non-hydrogen) atoms. The summed E-state index contributed by atoms with van der Waals surface area (Å²) in [4.78, 5) is 31.1. The first-order valence-corrected chi connectivity index (χ1v) is 9.48. The molecule has 146 valence electrons. The highest BCUT2D eigenvalue weighted by molar-refractivity contribution is 7.17. The Labute approximate surface area is 160 Å². The van der Waals surface area contributed by atoms with Crippen LogP contribution in [0.4, 0.5) is 5.13 Å². The Hall–Kier alpha value is -2.46. The number of aromatic nitrogens is 2. The van der Waals surface area contributed by atoms with Crippen molar-refractivity contribution in [2.24, 2.45) is 5.92 Å². The summed E-state index contributed by atoms with van der Waals surface area (Å²) in [6.07, 6.45) is 4.60. The van der Waals surface area contributed by atoms with Gasteiger partial charge in [0.2, 0.25) is 5.91 Å². The highest BCUT2D eigenvalue weighted by atomic mass is 32.1. The van der Waals surface area contributed by atoms with Crippen molar-refractivity contribution < 1.29 is 18.8 Å². The first kappa shape index (κ1) is 19.3. The first-order valence-electron chi connectivity index (χ1n) is 8.67. The van der Waals surface area contributed by atoms with E-state index in [1.54, 1.807) is 25.1 Å². The van der Waals surface area contributed by atoms with Crippen molar-refractivity contribution in [1.29, 1.82) is 0 Å². The fourth-order valence-electron chi connectivity index (χ4n) is 3.36. The lowest BCUT2D eigenvalue weighted by atomic mass is 9.83. The smallest absolute Gasteiger partial charge is 0.263 e. The highest BCUT2D eigenvalue weighted by Crippen LogP contribution is 2.29. The Morgan fingerprint density at radius 1 is 1.48 bits per heavy atom. The third-order valence-electron chi connectivity index (χ3n) is 4.77. The Morgan fingerprint density at radius 3 is 2.93 bits per heavy atom. The molecule has 0 bridgehead atoms. The molecule has 2 amide bonds. The molecule has 3 atom stereocenters. The number of hydrogen-bond acceptors (Lipinski definition) is 8. The van der Waals surface area contributed by atoms with Crippen LogP contribution in [0.25, 0.3) is 0 Å². The van der Waals surface area contributed by atoms with Crippen molar-refractivity contribution in [2.45, 2.75) is 38.0 Å². The standard InChI is InChI=1S/C17H23N5O4S/c1-22(9-11-5-6-26-21-11)16(24)10-3-4-12(13(7-10)25-2)20-15(23)14-8-19-17(18)27-14/h5-6,8,10,12-13H,3-4,7,9H2,1-2H3,(H2,18,19)(H,20,23)/t10-,12+,13+/m0/s1. The van der Waals surface area contributed by atoms with Crippen LogP contribution in [0.2, 0.25) is 0 Å². The molecule has 2 aromatic heterocycles. The van der Waals surface area contributed by atoms with Crippen LogP contribution in [0.3, 0.4) is 0 Å². The predicted molar refractivity (Wildman–Crippen MR) is 98.9 cm³/mol. The molecule has 1 fully saturated rings. The van der Waals surface area contributed by atoms with Crippen LogP contribution in [-0.2, 0) is 16.1 Å².